The lowest BCUT2D eigenvalue weighted by Crippen LogP contribution is -2.30. The molecule has 2 N–H and O–H groups in total. The molecule has 0 fully saturated rings. The maximum atomic E-state index is 13.7. The molecule has 1 amide bonds. The zero-order chi connectivity index (χ0) is 17.9. The third-order valence-corrected chi connectivity index (χ3v) is 4.33. The number of anilines is 2. The molecule has 0 aliphatic carbocycles. The minimum Gasteiger partial charge on any atom is -0.449 e. The average molecular weight is 372 g/mol. The summed E-state index contributed by atoms with van der Waals surface area (Å²) in [5, 5.41) is 5.96. The number of halogens is 2. The first-order chi connectivity index (χ1) is 11.3. The van der Waals surface area contributed by atoms with Gasteiger partial charge in [-0.15, -0.1) is 0 Å². The van der Waals surface area contributed by atoms with E-state index in [0.29, 0.717) is 10.7 Å². The van der Waals surface area contributed by atoms with Crippen LogP contribution in [0.25, 0.3) is 0 Å². The molecule has 6 nitrogen and oxygen atoms in total. The molecule has 128 valence electrons. The van der Waals surface area contributed by atoms with Crippen molar-refractivity contribution in [1.29, 1.82) is 0 Å². The molecule has 9 heteroatoms. The maximum absolute atomic E-state index is 13.7. The number of amides is 1. The average Bonchev–Trinajstić information content (AvgIpc) is 2.90. The van der Waals surface area contributed by atoms with E-state index in [2.05, 4.69) is 15.0 Å². The summed E-state index contributed by atoms with van der Waals surface area (Å²) < 4.78 is 22.9. The van der Waals surface area contributed by atoms with Gasteiger partial charge in [-0.3, -0.25) is 4.79 Å². The number of hydrogen-bond donors (Lipinski definition) is 2. The van der Waals surface area contributed by atoms with Crippen molar-refractivity contribution < 1.29 is 18.7 Å². The Labute approximate surface area is 147 Å². The van der Waals surface area contributed by atoms with Crippen molar-refractivity contribution in [2.24, 2.45) is 0 Å². The molecule has 1 unspecified atom stereocenters. The number of rotatable bonds is 5. The van der Waals surface area contributed by atoms with Crippen LogP contribution >= 0.6 is 23.1 Å². The second-order valence-corrected chi connectivity index (χ2v) is 6.09. The highest BCUT2D eigenvalue weighted by atomic mass is 35.5. The zero-order valence-electron chi connectivity index (χ0n) is 13.1. The van der Waals surface area contributed by atoms with Crippen LogP contribution in [0.5, 0.6) is 0 Å². The minimum absolute atomic E-state index is 0.0448. The number of esters is 1. The Balaban J connectivity index is 2.06. The van der Waals surface area contributed by atoms with E-state index >= 15 is 0 Å². The van der Waals surface area contributed by atoms with Gasteiger partial charge in [-0.25, -0.2) is 9.18 Å². The van der Waals surface area contributed by atoms with E-state index in [9.17, 15) is 14.0 Å². The third-order valence-electron chi connectivity index (χ3n) is 3.14. The molecule has 2 rings (SSSR count). The second-order valence-electron chi connectivity index (χ2n) is 4.88. The van der Waals surface area contributed by atoms with E-state index in [4.69, 9.17) is 16.3 Å². The summed E-state index contributed by atoms with van der Waals surface area (Å²) in [6, 6.07) is 3.85. The Morgan fingerprint density at radius 3 is 2.75 bits per heavy atom. The number of nitrogens with one attached hydrogen (secondary N) is 2. The van der Waals surface area contributed by atoms with Crippen molar-refractivity contribution in [3.05, 3.63) is 40.3 Å². The molecule has 0 aliphatic rings. The van der Waals surface area contributed by atoms with Crippen LogP contribution in [-0.4, -0.2) is 29.4 Å². The monoisotopic (exact) mass is 371 g/mol. The molecule has 24 heavy (non-hydrogen) atoms. The van der Waals surface area contributed by atoms with Gasteiger partial charge in [0.1, 0.15) is 16.4 Å². The number of benzene rings is 1. The van der Waals surface area contributed by atoms with Gasteiger partial charge in [-0.05, 0) is 43.6 Å². The van der Waals surface area contributed by atoms with Crippen LogP contribution in [0, 0.1) is 12.7 Å². The number of nitrogens with zero attached hydrogens (tertiary/aromatic N) is 1. The molecule has 1 aromatic heterocycles. The Bertz CT molecular complexity index is 781. The SMILES string of the molecule is CNc1snc(C)c1C(=O)OC(C)C(=O)Nc1ccc(Cl)cc1F. The quantitative estimate of drug-likeness (QED) is 0.786. The molecular formula is C15H15ClFN3O3S. The smallest absolute Gasteiger partial charge is 0.343 e. The molecule has 0 radical (unpaired) electrons. The first kappa shape index (κ1) is 18.2. The molecule has 0 aliphatic heterocycles. The predicted molar refractivity (Wildman–Crippen MR) is 91.3 cm³/mol. The molecule has 1 aromatic carbocycles. The maximum Gasteiger partial charge on any atom is 0.343 e. The Morgan fingerprint density at radius 1 is 1.42 bits per heavy atom. The standard InChI is InChI=1S/C15H15ClFN3O3S/c1-7-12(14(18-3)24-20-7)15(22)23-8(2)13(21)19-11-5-4-9(16)6-10(11)17/h4-6,8,18H,1-3H3,(H,19,21). The summed E-state index contributed by atoms with van der Waals surface area (Å²) in [6.07, 6.45) is -1.11. The number of ether oxygens (including phenoxy) is 1. The van der Waals surface area contributed by atoms with Gasteiger partial charge in [-0.1, -0.05) is 11.6 Å². The fourth-order valence-electron chi connectivity index (χ4n) is 1.88. The van der Waals surface area contributed by atoms with Crippen molar-refractivity contribution >= 4 is 45.7 Å². The molecule has 0 saturated carbocycles. The summed E-state index contributed by atoms with van der Waals surface area (Å²) in [5.74, 6) is -2.01. The van der Waals surface area contributed by atoms with Crippen LogP contribution in [-0.2, 0) is 9.53 Å². The zero-order valence-corrected chi connectivity index (χ0v) is 14.7. The van der Waals surface area contributed by atoms with Crippen LogP contribution in [0.2, 0.25) is 5.02 Å². The summed E-state index contributed by atoms with van der Waals surface area (Å²) in [4.78, 5) is 24.3. The first-order valence-electron chi connectivity index (χ1n) is 6.94. The second kappa shape index (κ2) is 7.59. The number of aromatic nitrogens is 1. The summed E-state index contributed by atoms with van der Waals surface area (Å²) in [6.45, 7) is 3.07. The number of aryl methyl sites for hydroxylation is 1. The van der Waals surface area contributed by atoms with Crippen LogP contribution in [0.1, 0.15) is 23.0 Å². The van der Waals surface area contributed by atoms with E-state index in [1.807, 2.05) is 0 Å². The van der Waals surface area contributed by atoms with Crippen LogP contribution < -0.4 is 10.6 Å². The lowest BCUT2D eigenvalue weighted by atomic mass is 10.2. The van der Waals surface area contributed by atoms with Crippen LogP contribution in [0.15, 0.2) is 18.2 Å². The highest BCUT2D eigenvalue weighted by Crippen LogP contribution is 2.25. The highest BCUT2D eigenvalue weighted by molar-refractivity contribution is 7.10. The van der Waals surface area contributed by atoms with Gasteiger partial charge in [0.05, 0.1) is 11.4 Å². The van der Waals surface area contributed by atoms with Gasteiger partial charge in [0.25, 0.3) is 5.91 Å². The fourth-order valence-corrected chi connectivity index (χ4v) is 2.77. The molecular weight excluding hydrogens is 357 g/mol. The largest absolute Gasteiger partial charge is 0.449 e. The Kier molecular flexibility index (Phi) is 5.74. The van der Waals surface area contributed by atoms with E-state index in [-0.39, 0.29) is 16.3 Å². The van der Waals surface area contributed by atoms with Crippen molar-refractivity contribution in [2.75, 3.05) is 17.7 Å². The predicted octanol–water partition coefficient (Wildman–Crippen LogP) is 3.47. The van der Waals surface area contributed by atoms with Gasteiger partial charge in [0.2, 0.25) is 0 Å². The van der Waals surface area contributed by atoms with Crippen molar-refractivity contribution in [2.45, 2.75) is 20.0 Å². The van der Waals surface area contributed by atoms with E-state index < -0.39 is 23.8 Å². The van der Waals surface area contributed by atoms with Gasteiger partial charge >= 0.3 is 5.97 Å². The lowest BCUT2D eigenvalue weighted by molar-refractivity contribution is -0.123. The van der Waals surface area contributed by atoms with Gasteiger partial charge < -0.3 is 15.4 Å². The van der Waals surface area contributed by atoms with E-state index in [1.54, 1.807) is 14.0 Å². The van der Waals surface area contributed by atoms with Crippen molar-refractivity contribution in [3.63, 3.8) is 0 Å². The van der Waals surface area contributed by atoms with Gasteiger partial charge in [0.15, 0.2) is 6.10 Å². The Morgan fingerprint density at radius 2 is 2.12 bits per heavy atom. The van der Waals surface area contributed by atoms with Gasteiger partial charge in [-0.2, -0.15) is 4.37 Å². The van der Waals surface area contributed by atoms with Crippen LogP contribution in [0.4, 0.5) is 15.1 Å². The minimum atomic E-state index is -1.11. The van der Waals surface area contributed by atoms with Crippen molar-refractivity contribution in [3.8, 4) is 0 Å². The number of hydrogen-bond acceptors (Lipinski definition) is 6. The Hall–Kier alpha value is -2.19. The third kappa shape index (κ3) is 4.01. The summed E-state index contributed by atoms with van der Waals surface area (Å²) in [5.41, 5.74) is 0.738. The van der Waals surface area contributed by atoms with Gasteiger partial charge in [0, 0.05) is 12.1 Å². The number of carbonyl (C=O) groups is 2. The first-order valence-corrected chi connectivity index (χ1v) is 8.09. The normalized spacial score (nSPS) is 11.7. The topological polar surface area (TPSA) is 80.3 Å². The highest BCUT2D eigenvalue weighted by Gasteiger charge is 2.24. The summed E-state index contributed by atoms with van der Waals surface area (Å²) >= 11 is 6.77. The van der Waals surface area contributed by atoms with Crippen LogP contribution in [0.3, 0.4) is 0 Å². The van der Waals surface area contributed by atoms with Crippen molar-refractivity contribution in [1.82, 2.24) is 4.37 Å². The van der Waals surface area contributed by atoms with E-state index in [1.165, 1.54) is 19.1 Å². The lowest BCUT2D eigenvalue weighted by Gasteiger charge is -2.14. The molecule has 0 bridgehead atoms. The molecule has 1 atom stereocenters. The molecule has 1 heterocycles. The molecule has 0 saturated heterocycles. The van der Waals surface area contributed by atoms with E-state index in [0.717, 1.165) is 17.6 Å². The molecule has 0 spiro atoms. The summed E-state index contributed by atoms with van der Waals surface area (Å²) in [7, 11) is 1.66. The molecule has 2 aromatic rings. The number of carbonyl (C=O) groups excluding carboxylic acids is 2. The fraction of sp³-hybridized carbons (Fsp3) is 0.267.